The van der Waals surface area contributed by atoms with Crippen molar-refractivity contribution in [3.05, 3.63) is 45.0 Å². The standard InChI is InChI=1S/C16H20N4O4/c1-9-6-14(21)18-16(17-9)13-8-20(4-5-23-13)15(22)7-12-10(2)19-24-11(12)3/h6,13H,4-5,7-8H2,1-3H3,(H,17,18,21). The molecule has 0 aliphatic carbocycles. The maximum absolute atomic E-state index is 12.6. The summed E-state index contributed by atoms with van der Waals surface area (Å²) >= 11 is 0. The molecule has 2 aromatic heterocycles. The number of hydrogen-bond acceptors (Lipinski definition) is 6. The number of aromatic amines is 1. The van der Waals surface area contributed by atoms with E-state index in [0.717, 1.165) is 11.3 Å². The van der Waals surface area contributed by atoms with Gasteiger partial charge in [-0.05, 0) is 20.8 Å². The van der Waals surface area contributed by atoms with Crippen LogP contribution in [0.4, 0.5) is 0 Å². The average Bonchev–Trinajstić information content (AvgIpc) is 2.86. The first-order valence-electron chi connectivity index (χ1n) is 7.83. The first-order chi connectivity index (χ1) is 11.4. The van der Waals surface area contributed by atoms with Crippen molar-refractivity contribution in [2.24, 2.45) is 0 Å². The Morgan fingerprint density at radius 3 is 2.88 bits per heavy atom. The minimum absolute atomic E-state index is 0.0206. The second kappa shape index (κ2) is 6.56. The summed E-state index contributed by atoms with van der Waals surface area (Å²) in [5, 5.41) is 3.88. The number of carbonyl (C=O) groups is 1. The second-order valence-electron chi connectivity index (χ2n) is 5.95. The lowest BCUT2D eigenvalue weighted by atomic mass is 10.1. The Kier molecular flexibility index (Phi) is 4.48. The Balaban J connectivity index is 1.73. The van der Waals surface area contributed by atoms with Gasteiger partial charge in [-0.3, -0.25) is 9.59 Å². The molecule has 8 nitrogen and oxygen atoms in total. The van der Waals surface area contributed by atoms with Crippen LogP contribution in [0.5, 0.6) is 0 Å². The molecule has 1 fully saturated rings. The van der Waals surface area contributed by atoms with E-state index in [1.54, 1.807) is 18.7 Å². The van der Waals surface area contributed by atoms with Crippen LogP contribution in [0, 0.1) is 20.8 Å². The first kappa shape index (κ1) is 16.4. The zero-order chi connectivity index (χ0) is 17.3. The van der Waals surface area contributed by atoms with Gasteiger partial charge in [0.05, 0.1) is 25.3 Å². The van der Waals surface area contributed by atoms with Crippen molar-refractivity contribution in [1.29, 1.82) is 0 Å². The Morgan fingerprint density at radius 1 is 1.42 bits per heavy atom. The van der Waals surface area contributed by atoms with Gasteiger partial charge in [0.1, 0.15) is 17.7 Å². The maximum atomic E-state index is 12.6. The molecule has 1 unspecified atom stereocenters. The van der Waals surface area contributed by atoms with Crippen LogP contribution in [0.3, 0.4) is 0 Å². The molecule has 1 saturated heterocycles. The molecule has 0 bridgehead atoms. The fourth-order valence-electron chi connectivity index (χ4n) is 2.81. The van der Waals surface area contributed by atoms with E-state index in [-0.39, 0.29) is 17.9 Å². The highest BCUT2D eigenvalue weighted by atomic mass is 16.5. The van der Waals surface area contributed by atoms with Gasteiger partial charge in [-0.2, -0.15) is 0 Å². The van der Waals surface area contributed by atoms with Crippen molar-refractivity contribution in [3.8, 4) is 0 Å². The van der Waals surface area contributed by atoms with E-state index < -0.39 is 6.10 Å². The maximum Gasteiger partial charge on any atom is 0.251 e. The summed E-state index contributed by atoms with van der Waals surface area (Å²) in [6, 6.07) is 1.42. The summed E-state index contributed by atoms with van der Waals surface area (Å²) in [6.45, 7) is 6.63. The molecule has 0 saturated carbocycles. The van der Waals surface area contributed by atoms with Crippen LogP contribution in [-0.2, 0) is 16.0 Å². The van der Waals surface area contributed by atoms with Crippen LogP contribution in [0.25, 0.3) is 0 Å². The topological polar surface area (TPSA) is 101 Å². The van der Waals surface area contributed by atoms with E-state index in [1.807, 2.05) is 6.92 Å². The molecule has 2 aromatic rings. The predicted octanol–water partition coefficient (Wildman–Crippen LogP) is 0.826. The van der Waals surface area contributed by atoms with Crippen molar-refractivity contribution in [1.82, 2.24) is 20.0 Å². The van der Waals surface area contributed by atoms with Gasteiger partial charge in [0.15, 0.2) is 0 Å². The van der Waals surface area contributed by atoms with E-state index in [9.17, 15) is 9.59 Å². The number of aryl methyl sites for hydroxylation is 3. The SMILES string of the molecule is Cc1cc(=O)[nH]c(C2CN(C(=O)Cc3c(C)noc3C)CCO2)n1. The monoisotopic (exact) mass is 332 g/mol. The van der Waals surface area contributed by atoms with E-state index in [2.05, 4.69) is 15.1 Å². The number of ether oxygens (including phenoxy) is 1. The Labute approximate surface area is 138 Å². The van der Waals surface area contributed by atoms with Gasteiger partial charge < -0.3 is 19.1 Å². The number of rotatable bonds is 3. The minimum atomic E-state index is -0.431. The number of morpholine rings is 1. The highest BCUT2D eigenvalue weighted by Crippen LogP contribution is 2.20. The number of H-pyrrole nitrogens is 1. The summed E-state index contributed by atoms with van der Waals surface area (Å²) in [4.78, 5) is 32.9. The summed E-state index contributed by atoms with van der Waals surface area (Å²) in [7, 11) is 0. The van der Waals surface area contributed by atoms with Crippen molar-refractivity contribution in [2.45, 2.75) is 33.3 Å². The number of nitrogens with one attached hydrogen (secondary N) is 1. The van der Waals surface area contributed by atoms with Gasteiger partial charge in [0.2, 0.25) is 5.91 Å². The van der Waals surface area contributed by atoms with Crippen LogP contribution >= 0.6 is 0 Å². The van der Waals surface area contributed by atoms with E-state index >= 15 is 0 Å². The van der Waals surface area contributed by atoms with Gasteiger partial charge in [0.25, 0.3) is 5.56 Å². The smallest absolute Gasteiger partial charge is 0.251 e. The van der Waals surface area contributed by atoms with Crippen molar-refractivity contribution >= 4 is 5.91 Å². The number of aromatic nitrogens is 3. The molecule has 8 heteroatoms. The van der Waals surface area contributed by atoms with E-state index in [4.69, 9.17) is 9.26 Å². The fourth-order valence-corrected chi connectivity index (χ4v) is 2.81. The van der Waals surface area contributed by atoms with Gasteiger partial charge in [-0.15, -0.1) is 0 Å². The molecule has 1 atom stereocenters. The molecular weight excluding hydrogens is 312 g/mol. The Hall–Kier alpha value is -2.48. The Morgan fingerprint density at radius 2 is 2.21 bits per heavy atom. The molecule has 3 heterocycles. The zero-order valence-corrected chi connectivity index (χ0v) is 14.0. The predicted molar refractivity (Wildman–Crippen MR) is 84.5 cm³/mol. The van der Waals surface area contributed by atoms with Crippen LogP contribution in [-0.4, -0.2) is 45.6 Å². The summed E-state index contributed by atoms with van der Waals surface area (Å²) in [5.74, 6) is 1.10. The molecule has 0 spiro atoms. The van der Waals surface area contributed by atoms with Crippen LogP contribution in [0.1, 0.15) is 34.6 Å². The lowest BCUT2D eigenvalue weighted by molar-refractivity contribution is -0.138. The van der Waals surface area contributed by atoms with Crippen molar-refractivity contribution in [3.63, 3.8) is 0 Å². The molecule has 3 rings (SSSR count). The summed E-state index contributed by atoms with van der Waals surface area (Å²) in [6.07, 6.45) is -0.189. The zero-order valence-electron chi connectivity index (χ0n) is 14.0. The number of amides is 1. The number of carbonyl (C=O) groups excluding carboxylic acids is 1. The first-order valence-corrected chi connectivity index (χ1v) is 7.83. The third kappa shape index (κ3) is 3.38. The van der Waals surface area contributed by atoms with Crippen LogP contribution in [0.15, 0.2) is 15.4 Å². The molecule has 0 aromatic carbocycles. The molecular formula is C16H20N4O4. The normalized spacial score (nSPS) is 18.0. The van der Waals surface area contributed by atoms with Gasteiger partial charge in [-0.25, -0.2) is 4.98 Å². The average molecular weight is 332 g/mol. The van der Waals surface area contributed by atoms with Crippen molar-refractivity contribution < 1.29 is 14.1 Å². The summed E-state index contributed by atoms with van der Waals surface area (Å²) < 4.78 is 10.8. The Bertz CT molecular complexity index is 791. The van der Waals surface area contributed by atoms with E-state index in [1.165, 1.54) is 6.07 Å². The quantitative estimate of drug-likeness (QED) is 0.893. The molecule has 1 amide bonds. The number of hydrogen-bond donors (Lipinski definition) is 1. The molecule has 1 aliphatic rings. The second-order valence-corrected chi connectivity index (χ2v) is 5.95. The largest absolute Gasteiger partial charge is 0.367 e. The minimum Gasteiger partial charge on any atom is -0.367 e. The fraction of sp³-hybridized carbons (Fsp3) is 0.500. The number of nitrogens with zero attached hydrogens (tertiary/aromatic N) is 3. The molecule has 128 valence electrons. The van der Waals surface area contributed by atoms with Crippen LogP contribution in [0.2, 0.25) is 0 Å². The lowest BCUT2D eigenvalue weighted by Gasteiger charge is -2.32. The van der Waals surface area contributed by atoms with Gasteiger partial charge in [0, 0.05) is 23.9 Å². The van der Waals surface area contributed by atoms with Gasteiger partial charge in [-0.1, -0.05) is 5.16 Å². The third-order valence-electron chi connectivity index (χ3n) is 4.12. The van der Waals surface area contributed by atoms with E-state index in [0.29, 0.717) is 37.0 Å². The van der Waals surface area contributed by atoms with Gasteiger partial charge >= 0.3 is 0 Å². The van der Waals surface area contributed by atoms with Crippen LogP contribution < -0.4 is 5.56 Å². The highest BCUT2D eigenvalue weighted by Gasteiger charge is 2.28. The highest BCUT2D eigenvalue weighted by molar-refractivity contribution is 5.79. The molecule has 0 radical (unpaired) electrons. The molecule has 1 aliphatic heterocycles. The third-order valence-corrected chi connectivity index (χ3v) is 4.12. The summed E-state index contributed by atoms with van der Waals surface area (Å²) in [5.41, 5.74) is 1.96. The van der Waals surface area contributed by atoms with Crippen molar-refractivity contribution in [2.75, 3.05) is 19.7 Å². The molecule has 1 N–H and O–H groups in total. The lowest BCUT2D eigenvalue weighted by Crippen LogP contribution is -2.43. The molecule has 24 heavy (non-hydrogen) atoms.